The van der Waals surface area contributed by atoms with E-state index < -0.39 is 0 Å². The second-order valence-electron chi connectivity index (χ2n) is 15.6. The number of hydrogen-bond donors (Lipinski definition) is 3. The SMILES string of the molecule is CC(C)(C)[C@H]1CCc2nc3c(cc2C1)C=C(C(=O)C[C@H](CC[NH+]1CCC2(CC1)CNC(=O)O2)c1ccc(-c2ccc(=O)[nH]c2)cc1)C3.CC=O. The maximum Gasteiger partial charge on any atom is 0.407 e. The van der Waals surface area contributed by atoms with Gasteiger partial charge in [-0.05, 0) is 89.5 Å². The molecule has 0 saturated carbocycles. The number of fused-ring (bicyclic) bond motifs is 2. The fourth-order valence-corrected chi connectivity index (χ4v) is 8.08. The average molecular weight is 680 g/mol. The fourth-order valence-electron chi connectivity index (χ4n) is 8.08. The van der Waals surface area contributed by atoms with Gasteiger partial charge in [-0.3, -0.25) is 14.6 Å². The molecule has 3 N–H and O–H groups in total. The van der Waals surface area contributed by atoms with E-state index in [4.69, 9.17) is 14.5 Å². The van der Waals surface area contributed by atoms with Gasteiger partial charge < -0.3 is 24.7 Å². The predicted octanol–water partition coefficient (Wildman–Crippen LogP) is 5.02. The topological polar surface area (TPSA) is 123 Å². The van der Waals surface area contributed by atoms with E-state index in [-0.39, 0.29) is 34.4 Å². The number of aromatic nitrogens is 2. The number of carbonyl (C=O) groups is 3. The highest BCUT2D eigenvalue weighted by molar-refractivity contribution is 6.02. The number of rotatable bonds is 8. The number of carbonyl (C=O) groups excluding carboxylic acids is 3. The lowest BCUT2D eigenvalue weighted by Crippen LogP contribution is -3.13. The monoisotopic (exact) mass is 679 g/mol. The highest BCUT2D eigenvalue weighted by Gasteiger charge is 2.44. The summed E-state index contributed by atoms with van der Waals surface area (Å²) in [6, 6.07) is 14.1. The van der Waals surface area contributed by atoms with Gasteiger partial charge in [-0.2, -0.15) is 0 Å². The molecular weight excluding hydrogens is 628 g/mol. The van der Waals surface area contributed by atoms with E-state index in [9.17, 15) is 14.4 Å². The van der Waals surface area contributed by atoms with Gasteiger partial charge >= 0.3 is 6.09 Å². The number of amides is 1. The molecule has 2 aliphatic carbocycles. The van der Waals surface area contributed by atoms with Crippen molar-refractivity contribution in [3.05, 3.63) is 92.7 Å². The van der Waals surface area contributed by atoms with Crippen LogP contribution in [0.2, 0.25) is 0 Å². The van der Waals surface area contributed by atoms with E-state index in [0.717, 1.165) is 91.5 Å². The molecule has 2 aliphatic heterocycles. The Morgan fingerprint density at radius 3 is 2.44 bits per heavy atom. The number of pyridine rings is 2. The highest BCUT2D eigenvalue weighted by atomic mass is 16.6. The number of aromatic amines is 1. The first-order chi connectivity index (χ1) is 23.9. The molecule has 264 valence electrons. The number of allylic oxidation sites excluding steroid dienone is 1. The number of ketones is 1. The van der Waals surface area contributed by atoms with E-state index in [1.807, 2.05) is 6.07 Å². The Kier molecular flexibility index (Phi) is 10.5. The number of Topliss-reactive ketones (excluding diaryl/α,β-unsaturated/α-hetero) is 1. The van der Waals surface area contributed by atoms with Crippen molar-refractivity contribution in [2.45, 2.75) is 90.6 Å². The number of likely N-dealkylation sites (tertiary alicyclic amines) is 1. The number of hydrogen-bond acceptors (Lipinski definition) is 6. The van der Waals surface area contributed by atoms with Crippen LogP contribution in [-0.2, 0) is 33.6 Å². The number of aryl methyl sites for hydroxylation is 1. The van der Waals surface area contributed by atoms with E-state index in [1.54, 1.807) is 12.3 Å². The van der Waals surface area contributed by atoms with Crippen molar-refractivity contribution >= 4 is 24.2 Å². The van der Waals surface area contributed by atoms with Crippen LogP contribution < -0.4 is 15.8 Å². The normalized spacial score (nSPS) is 23.0. The first-order valence-electron chi connectivity index (χ1n) is 18.2. The van der Waals surface area contributed by atoms with Crippen molar-refractivity contribution in [1.29, 1.82) is 0 Å². The van der Waals surface area contributed by atoms with Crippen molar-refractivity contribution in [1.82, 2.24) is 15.3 Å². The number of piperidine rings is 1. The number of alkyl carbamates (subject to hydrolysis) is 1. The minimum Gasteiger partial charge on any atom is -0.441 e. The van der Waals surface area contributed by atoms with Crippen LogP contribution in [0.25, 0.3) is 17.2 Å². The van der Waals surface area contributed by atoms with E-state index in [0.29, 0.717) is 25.3 Å². The summed E-state index contributed by atoms with van der Waals surface area (Å²) in [5.41, 5.74) is 8.58. The number of quaternary nitrogens is 1. The molecule has 0 unspecified atom stereocenters. The Morgan fingerprint density at radius 1 is 1.08 bits per heavy atom. The molecule has 7 rings (SSSR count). The summed E-state index contributed by atoms with van der Waals surface area (Å²) in [5.74, 6) is 0.940. The third-order valence-electron chi connectivity index (χ3n) is 11.3. The van der Waals surface area contributed by atoms with Crippen LogP contribution in [0.5, 0.6) is 0 Å². The zero-order chi connectivity index (χ0) is 35.5. The van der Waals surface area contributed by atoms with E-state index in [1.165, 1.54) is 29.5 Å². The van der Waals surface area contributed by atoms with Crippen LogP contribution in [0.3, 0.4) is 0 Å². The van der Waals surface area contributed by atoms with Gasteiger partial charge in [-0.25, -0.2) is 4.79 Å². The number of aldehydes is 1. The van der Waals surface area contributed by atoms with Gasteiger partial charge in [0.25, 0.3) is 0 Å². The first kappa shape index (κ1) is 35.5. The summed E-state index contributed by atoms with van der Waals surface area (Å²) < 4.78 is 5.64. The molecular formula is C41H51N4O5+. The maximum absolute atomic E-state index is 14.0. The van der Waals surface area contributed by atoms with Crippen LogP contribution in [0.4, 0.5) is 4.79 Å². The van der Waals surface area contributed by atoms with Gasteiger partial charge in [-0.1, -0.05) is 45.0 Å². The largest absolute Gasteiger partial charge is 0.441 e. The summed E-state index contributed by atoms with van der Waals surface area (Å²) in [6.45, 7) is 11.9. The van der Waals surface area contributed by atoms with Gasteiger partial charge in [-0.15, -0.1) is 0 Å². The molecule has 4 aliphatic rings. The third kappa shape index (κ3) is 8.15. The Bertz CT molecular complexity index is 1790. The molecule has 0 bridgehead atoms. The minimum absolute atomic E-state index is 0.0832. The molecule has 9 nitrogen and oxygen atoms in total. The molecule has 9 heteroatoms. The van der Waals surface area contributed by atoms with E-state index >= 15 is 0 Å². The summed E-state index contributed by atoms with van der Waals surface area (Å²) >= 11 is 0. The summed E-state index contributed by atoms with van der Waals surface area (Å²) in [5, 5.41) is 2.83. The summed E-state index contributed by atoms with van der Waals surface area (Å²) in [7, 11) is 0. The first-order valence-corrected chi connectivity index (χ1v) is 18.2. The average Bonchev–Trinajstić information content (AvgIpc) is 3.69. The smallest absolute Gasteiger partial charge is 0.407 e. The lowest BCUT2D eigenvalue weighted by Gasteiger charge is -2.35. The lowest BCUT2D eigenvalue weighted by atomic mass is 9.71. The van der Waals surface area contributed by atoms with Crippen LogP contribution in [0.1, 0.15) is 93.8 Å². The van der Waals surface area contributed by atoms with Crippen molar-refractivity contribution < 1.29 is 24.0 Å². The van der Waals surface area contributed by atoms with Gasteiger partial charge in [0.2, 0.25) is 5.56 Å². The zero-order valence-corrected chi connectivity index (χ0v) is 29.9. The molecule has 2 aromatic heterocycles. The quantitative estimate of drug-likeness (QED) is 0.288. The Balaban J connectivity index is 0.00000139. The van der Waals surface area contributed by atoms with Gasteiger partial charge in [0.05, 0.1) is 31.9 Å². The van der Waals surface area contributed by atoms with Gasteiger partial charge in [0.15, 0.2) is 5.78 Å². The number of nitrogens with zero attached hydrogens (tertiary/aromatic N) is 1. The Labute approximate surface area is 294 Å². The maximum atomic E-state index is 14.0. The highest BCUT2D eigenvalue weighted by Crippen LogP contribution is 2.39. The number of nitrogens with one attached hydrogen (secondary N) is 3. The molecule has 50 heavy (non-hydrogen) atoms. The van der Waals surface area contributed by atoms with Crippen molar-refractivity contribution in [3.63, 3.8) is 0 Å². The molecule has 4 heterocycles. The van der Waals surface area contributed by atoms with Crippen molar-refractivity contribution in [3.8, 4) is 11.1 Å². The lowest BCUT2D eigenvalue weighted by molar-refractivity contribution is -0.907. The standard InChI is InChI=1S/C39H46N4O4.C2H4O/c1-38(2,3)32-9-10-33-30(20-32)18-29-19-31(21-34(29)42-33)35(44)22-27(12-15-43-16-13-39(14-17-43)24-41-37(46)47-39)25-4-6-26(7-5-25)28-8-11-36(45)40-23-28;1-2-3/h4-8,11,18-19,23,27,32H,9-10,12-17,20-22,24H2,1-3H3,(H,40,45)(H,41,46);2H,1H3/p+1/t27-,32-;/m0./s1. The minimum atomic E-state index is -0.349. The van der Waals surface area contributed by atoms with E-state index in [2.05, 4.69) is 67.5 Å². The van der Waals surface area contributed by atoms with Gasteiger partial charge in [0, 0.05) is 55.6 Å². The fraction of sp³-hybridized carbons (Fsp3) is 0.488. The van der Waals surface area contributed by atoms with Crippen LogP contribution >= 0.6 is 0 Å². The van der Waals surface area contributed by atoms with Crippen molar-refractivity contribution in [2.24, 2.45) is 11.3 Å². The number of H-pyrrole nitrogens is 1. The third-order valence-corrected chi connectivity index (χ3v) is 11.3. The summed E-state index contributed by atoms with van der Waals surface area (Å²) in [6.07, 6.45) is 11.2. The second-order valence-corrected chi connectivity index (χ2v) is 15.6. The molecule has 2 saturated heterocycles. The Hall–Kier alpha value is -4.37. The van der Waals surface area contributed by atoms with Crippen LogP contribution in [0.15, 0.2) is 59.0 Å². The molecule has 1 aromatic carbocycles. The van der Waals surface area contributed by atoms with Crippen molar-refractivity contribution in [2.75, 3.05) is 26.2 Å². The van der Waals surface area contributed by atoms with Crippen LogP contribution in [0, 0.1) is 11.3 Å². The summed E-state index contributed by atoms with van der Waals surface area (Å²) in [4.78, 5) is 55.4. The molecule has 1 amide bonds. The molecule has 0 radical (unpaired) electrons. The second kappa shape index (κ2) is 14.9. The molecule has 1 spiro atoms. The van der Waals surface area contributed by atoms with Crippen LogP contribution in [-0.4, -0.2) is 59.9 Å². The predicted molar refractivity (Wildman–Crippen MR) is 194 cm³/mol. The Morgan fingerprint density at radius 2 is 1.80 bits per heavy atom. The van der Waals surface area contributed by atoms with Gasteiger partial charge in [0.1, 0.15) is 11.9 Å². The molecule has 2 fully saturated rings. The number of ether oxygens (including phenoxy) is 1. The number of benzene rings is 1. The molecule has 2 atom stereocenters. The zero-order valence-electron chi connectivity index (χ0n) is 29.9. The molecule has 3 aromatic rings.